The molecule has 2 aromatic heterocycles. The molecule has 1 saturated carbocycles. The van der Waals surface area contributed by atoms with E-state index >= 15 is 0 Å². The number of rotatable bonds is 5. The van der Waals surface area contributed by atoms with Gasteiger partial charge in [0.05, 0.1) is 18.5 Å². The van der Waals surface area contributed by atoms with Gasteiger partial charge in [-0.15, -0.1) is 0 Å². The van der Waals surface area contributed by atoms with E-state index in [9.17, 15) is 0 Å². The average Bonchev–Trinajstić information content (AvgIpc) is 3.42. The Balaban J connectivity index is 1.51. The van der Waals surface area contributed by atoms with Crippen LogP contribution < -0.4 is 9.64 Å². The summed E-state index contributed by atoms with van der Waals surface area (Å²) in [5.74, 6) is 2.67. The minimum Gasteiger partial charge on any atom is -0.497 e. The van der Waals surface area contributed by atoms with Crippen LogP contribution in [-0.2, 0) is 19.5 Å². The third-order valence-electron chi connectivity index (χ3n) is 5.60. The summed E-state index contributed by atoms with van der Waals surface area (Å²) in [5, 5.41) is 0.781. The molecule has 1 aliphatic carbocycles. The number of hydrogen-bond acceptors (Lipinski definition) is 4. The molecular weight excluding hydrogens is 360 g/mol. The third-order valence-corrected chi connectivity index (χ3v) is 6.01. The second kappa shape index (κ2) is 6.71. The number of nitrogens with zero attached hydrogens (tertiary/aromatic N) is 4. The molecule has 3 aromatic rings. The number of anilines is 1. The van der Waals surface area contributed by atoms with Gasteiger partial charge in [-0.1, -0.05) is 23.7 Å². The number of pyridine rings is 1. The smallest absolute Gasteiger partial charge is 0.163 e. The number of ether oxygens (including phenoxy) is 1. The molecule has 0 spiro atoms. The van der Waals surface area contributed by atoms with Crippen molar-refractivity contribution in [1.82, 2.24) is 14.5 Å². The minimum atomic E-state index is 0.773. The summed E-state index contributed by atoms with van der Waals surface area (Å²) in [7, 11) is 1.69. The Morgan fingerprint density at radius 3 is 2.78 bits per heavy atom. The lowest BCUT2D eigenvalue weighted by atomic mass is 10.0. The van der Waals surface area contributed by atoms with Gasteiger partial charge in [0.1, 0.15) is 17.1 Å². The molecule has 3 heterocycles. The molecule has 0 bridgehead atoms. The normalized spacial score (nSPS) is 16.6. The third kappa shape index (κ3) is 3.14. The van der Waals surface area contributed by atoms with Gasteiger partial charge in [-0.2, -0.15) is 0 Å². The van der Waals surface area contributed by atoms with Crippen LogP contribution in [0.2, 0.25) is 5.02 Å². The molecule has 0 unspecified atom stereocenters. The molecule has 5 rings (SSSR count). The van der Waals surface area contributed by atoms with Crippen molar-refractivity contribution in [2.75, 3.05) is 18.6 Å². The highest BCUT2D eigenvalue weighted by Gasteiger charge is 2.27. The Kier molecular flexibility index (Phi) is 4.20. The van der Waals surface area contributed by atoms with E-state index in [1.807, 2.05) is 18.5 Å². The topological polar surface area (TPSA) is 43.2 Å². The summed E-state index contributed by atoms with van der Waals surface area (Å²) in [6, 6.07) is 8.25. The number of halogens is 1. The maximum Gasteiger partial charge on any atom is 0.163 e. The average molecular weight is 383 g/mol. The van der Waals surface area contributed by atoms with E-state index < -0.39 is 0 Å². The van der Waals surface area contributed by atoms with Crippen molar-refractivity contribution in [2.24, 2.45) is 5.92 Å². The first-order valence-corrected chi connectivity index (χ1v) is 10.0. The quantitative estimate of drug-likeness (QED) is 0.653. The van der Waals surface area contributed by atoms with Crippen molar-refractivity contribution in [1.29, 1.82) is 0 Å². The van der Waals surface area contributed by atoms with Gasteiger partial charge in [-0.05, 0) is 49.3 Å². The van der Waals surface area contributed by atoms with Crippen LogP contribution in [0.25, 0.3) is 11.2 Å². The number of imidazole rings is 1. The van der Waals surface area contributed by atoms with Crippen LogP contribution in [0.15, 0.2) is 30.6 Å². The van der Waals surface area contributed by atoms with E-state index in [1.54, 1.807) is 7.11 Å². The highest BCUT2D eigenvalue weighted by molar-refractivity contribution is 6.36. The molecule has 140 valence electrons. The summed E-state index contributed by atoms with van der Waals surface area (Å²) >= 11 is 6.77. The Morgan fingerprint density at radius 2 is 2.04 bits per heavy atom. The highest BCUT2D eigenvalue weighted by Crippen LogP contribution is 2.37. The van der Waals surface area contributed by atoms with Gasteiger partial charge in [0.25, 0.3) is 0 Å². The van der Waals surface area contributed by atoms with Crippen LogP contribution in [0.4, 0.5) is 5.82 Å². The molecular formula is C21H23ClN4O. The second-order valence-corrected chi connectivity index (χ2v) is 7.99. The summed E-state index contributed by atoms with van der Waals surface area (Å²) in [6.07, 6.45) is 6.57. The Morgan fingerprint density at radius 1 is 1.22 bits per heavy atom. The lowest BCUT2D eigenvalue weighted by Crippen LogP contribution is -2.30. The molecule has 0 saturated heterocycles. The summed E-state index contributed by atoms with van der Waals surface area (Å²) in [6.45, 7) is 2.81. The van der Waals surface area contributed by atoms with Crippen molar-refractivity contribution in [3.63, 3.8) is 0 Å². The van der Waals surface area contributed by atoms with Crippen LogP contribution in [0.1, 0.15) is 30.4 Å². The predicted octanol–water partition coefficient (Wildman–Crippen LogP) is 4.46. The molecule has 27 heavy (non-hydrogen) atoms. The molecule has 5 nitrogen and oxygen atoms in total. The molecule has 0 atom stereocenters. The van der Waals surface area contributed by atoms with Gasteiger partial charge < -0.3 is 14.2 Å². The Hall–Kier alpha value is -2.27. The van der Waals surface area contributed by atoms with Gasteiger partial charge in [-0.25, -0.2) is 9.97 Å². The van der Waals surface area contributed by atoms with E-state index in [4.69, 9.17) is 21.3 Å². The fraction of sp³-hybridized carbons (Fsp3) is 0.429. The first kappa shape index (κ1) is 16.9. The van der Waals surface area contributed by atoms with Crippen LogP contribution >= 0.6 is 11.6 Å². The standard InChI is InChI=1S/C21H23ClN4O/c1-27-16-8-6-15(7-9-16)11-25-10-2-3-17-18(22)19-21(24-20(17)25)26(13-23-19)12-14-4-5-14/h6-9,13-14H,2-5,10-12H2,1H3. The molecule has 1 aliphatic heterocycles. The summed E-state index contributed by atoms with van der Waals surface area (Å²) in [4.78, 5) is 12.0. The number of hydrogen-bond donors (Lipinski definition) is 0. The largest absolute Gasteiger partial charge is 0.497 e. The van der Waals surface area contributed by atoms with Crippen molar-refractivity contribution in [3.8, 4) is 5.75 Å². The molecule has 0 N–H and O–H groups in total. The zero-order valence-corrected chi connectivity index (χ0v) is 16.2. The van der Waals surface area contributed by atoms with Gasteiger partial charge in [-0.3, -0.25) is 0 Å². The Bertz CT molecular complexity index is 978. The summed E-state index contributed by atoms with van der Waals surface area (Å²) in [5.41, 5.74) is 4.16. The Labute approximate surface area is 163 Å². The number of aromatic nitrogens is 3. The molecule has 2 aliphatic rings. The van der Waals surface area contributed by atoms with Gasteiger partial charge >= 0.3 is 0 Å². The van der Waals surface area contributed by atoms with E-state index in [2.05, 4.69) is 26.6 Å². The van der Waals surface area contributed by atoms with Crippen LogP contribution in [0.5, 0.6) is 5.75 Å². The zero-order valence-electron chi connectivity index (χ0n) is 15.5. The molecule has 0 amide bonds. The van der Waals surface area contributed by atoms with Crippen molar-refractivity contribution in [3.05, 3.63) is 46.7 Å². The lowest BCUT2D eigenvalue weighted by molar-refractivity contribution is 0.414. The molecule has 1 aromatic carbocycles. The van der Waals surface area contributed by atoms with E-state index in [-0.39, 0.29) is 0 Å². The number of methoxy groups -OCH3 is 1. The van der Waals surface area contributed by atoms with Gasteiger partial charge in [0.15, 0.2) is 5.65 Å². The maximum atomic E-state index is 6.77. The molecule has 0 radical (unpaired) electrons. The minimum absolute atomic E-state index is 0.773. The lowest BCUT2D eigenvalue weighted by Gasteiger charge is -2.31. The van der Waals surface area contributed by atoms with Gasteiger partial charge in [0, 0.05) is 25.2 Å². The molecule has 1 fully saturated rings. The van der Waals surface area contributed by atoms with Crippen LogP contribution in [-0.4, -0.2) is 28.2 Å². The van der Waals surface area contributed by atoms with Crippen LogP contribution in [0.3, 0.4) is 0 Å². The van der Waals surface area contributed by atoms with E-state index in [0.29, 0.717) is 0 Å². The van der Waals surface area contributed by atoms with E-state index in [1.165, 1.54) is 18.4 Å². The SMILES string of the molecule is COc1ccc(CN2CCCc3c2nc2c(ncn2CC2CC2)c3Cl)cc1. The fourth-order valence-electron chi connectivity index (χ4n) is 3.91. The zero-order chi connectivity index (χ0) is 18.4. The van der Waals surface area contributed by atoms with Crippen molar-refractivity contribution < 1.29 is 4.74 Å². The van der Waals surface area contributed by atoms with Gasteiger partial charge in [0.2, 0.25) is 0 Å². The second-order valence-electron chi connectivity index (χ2n) is 7.61. The number of fused-ring (bicyclic) bond motifs is 2. The highest BCUT2D eigenvalue weighted by atomic mass is 35.5. The monoisotopic (exact) mass is 382 g/mol. The number of benzene rings is 1. The fourth-order valence-corrected chi connectivity index (χ4v) is 4.22. The summed E-state index contributed by atoms with van der Waals surface area (Å²) < 4.78 is 7.45. The predicted molar refractivity (Wildman–Crippen MR) is 108 cm³/mol. The first-order valence-electron chi connectivity index (χ1n) is 9.64. The maximum absolute atomic E-state index is 6.77. The van der Waals surface area contributed by atoms with Crippen LogP contribution in [0, 0.1) is 5.92 Å². The first-order chi connectivity index (χ1) is 13.2. The van der Waals surface area contributed by atoms with E-state index in [0.717, 1.165) is 71.7 Å². The van der Waals surface area contributed by atoms with Crippen molar-refractivity contribution in [2.45, 2.75) is 38.8 Å². The molecule has 6 heteroatoms. The van der Waals surface area contributed by atoms with Crippen molar-refractivity contribution >= 4 is 28.6 Å².